The summed E-state index contributed by atoms with van der Waals surface area (Å²) in [6.45, 7) is 6.25. The van der Waals surface area contributed by atoms with Crippen molar-refractivity contribution in [2.24, 2.45) is 5.92 Å². The lowest BCUT2D eigenvalue weighted by molar-refractivity contribution is 0.103. The highest BCUT2D eigenvalue weighted by molar-refractivity contribution is 7.17. The van der Waals surface area contributed by atoms with E-state index in [1.165, 1.54) is 35.6 Å². The molecule has 1 aliphatic heterocycles. The number of hydrogen-bond donors (Lipinski definition) is 1. The molecule has 3 aromatic rings. The molecule has 2 heterocycles. The monoisotopic (exact) mass is 395 g/mol. The van der Waals surface area contributed by atoms with E-state index in [-0.39, 0.29) is 11.7 Å². The van der Waals surface area contributed by atoms with Crippen molar-refractivity contribution in [3.63, 3.8) is 0 Å². The molecule has 1 fully saturated rings. The Morgan fingerprint density at radius 1 is 1.18 bits per heavy atom. The second kappa shape index (κ2) is 7.72. The average molecular weight is 396 g/mol. The first kappa shape index (κ1) is 18.6. The van der Waals surface area contributed by atoms with Crippen molar-refractivity contribution < 1.29 is 9.18 Å². The molecule has 1 saturated heterocycles. The number of amides is 1. The lowest BCUT2D eigenvalue weighted by atomic mass is 10.2. The van der Waals surface area contributed by atoms with Crippen LogP contribution >= 0.6 is 11.3 Å². The number of carbonyl (C=O) groups excluding carboxylic acids is 1. The number of halogens is 1. The lowest BCUT2D eigenvalue weighted by Crippen LogP contribution is -2.19. The zero-order valence-corrected chi connectivity index (χ0v) is 16.7. The van der Waals surface area contributed by atoms with Gasteiger partial charge in [0.15, 0.2) is 0 Å². The first-order valence-electron chi connectivity index (χ1n) is 9.39. The summed E-state index contributed by atoms with van der Waals surface area (Å²) in [4.78, 5) is 20.1. The van der Waals surface area contributed by atoms with Crippen LogP contribution in [0, 0.1) is 18.7 Å². The summed E-state index contributed by atoms with van der Waals surface area (Å²) in [5.74, 6) is 0.261. The SMILES string of the molecule is Cc1nc(-c2ccc(F)cc2)sc1C(=O)Nc1ccc(N2CCC(C)C2)cc1. The molecule has 0 radical (unpaired) electrons. The predicted octanol–water partition coefficient (Wildman–Crippen LogP) is 5.36. The van der Waals surface area contributed by atoms with Gasteiger partial charge in [-0.1, -0.05) is 6.92 Å². The van der Waals surface area contributed by atoms with E-state index in [4.69, 9.17) is 0 Å². The molecule has 28 heavy (non-hydrogen) atoms. The molecule has 0 saturated carbocycles. The number of aromatic nitrogens is 1. The van der Waals surface area contributed by atoms with Gasteiger partial charge < -0.3 is 10.2 Å². The molecule has 0 aliphatic carbocycles. The molecule has 4 rings (SSSR count). The average Bonchev–Trinajstić information content (AvgIpc) is 3.29. The number of carbonyl (C=O) groups is 1. The third-order valence-corrected chi connectivity index (χ3v) is 6.21. The smallest absolute Gasteiger partial charge is 0.267 e. The van der Waals surface area contributed by atoms with E-state index in [1.54, 1.807) is 12.1 Å². The van der Waals surface area contributed by atoms with Crippen LogP contribution in [0.3, 0.4) is 0 Å². The first-order chi connectivity index (χ1) is 13.5. The molecule has 1 aromatic heterocycles. The van der Waals surface area contributed by atoms with E-state index in [0.29, 0.717) is 15.6 Å². The number of anilines is 2. The molecule has 1 amide bonds. The zero-order chi connectivity index (χ0) is 19.7. The number of nitrogens with zero attached hydrogens (tertiary/aromatic N) is 2. The van der Waals surface area contributed by atoms with E-state index < -0.39 is 0 Å². The third-order valence-electron chi connectivity index (χ3n) is 5.01. The van der Waals surface area contributed by atoms with Gasteiger partial charge in [-0.25, -0.2) is 9.37 Å². The second-order valence-corrected chi connectivity index (χ2v) is 8.28. The van der Waals surface area contributed by atoms with Crippen molar-refractivity contribution >= 4 is 28.6 Å². The van der Waals surface area contributed by atoms with Crippen LogP contribution in [0.15, 0.2) is 48.5 Å². The standard InChI is InChI=1S/C22H22FN3OS/c1-14-11-12-26(13-14)19-9-7-18(8-10-19)25-21(27)20-15(2)24-22(28-20)16-3-5-17(23)6-4-16/h3-10,14H,11-13H2,1-2H3,(H,25,27). The Morgan fingerprint density at radius 2 is 1.89 bits per heavy atom. The van der Waals surface area contributed by atoms with Crippen molar-refractivity contribution in [1.82, 2.24) is 4.98 Å². The van der Waals surface area contributed by atoms with Gasteiger partial charge in [0.25, 0.3) is 5.91 Å². The second-order valence-electron chi connectivity index (χ2n) is 7.28. The summed E-state index contributed by atoms with van der Waals surface area (Å²) in [7, 11) is 0. The van der Waals surface area contributed by atoms with Crippen LogP contribution in [0.5, 0.6) is 0 Å². The van der Waals surface area contributed by atoms with E-state index >= 15 is 0 Å². The largest absolute Gasteiger partial charge is 0.371 e. The first-order valence-corrected chi connectivity index (χ1v) is 10.2. The maximum atomic E-state index is 13.1. The Balaban J connectivity index is 1.47. The van der Waals surface area contributed by atoms with Crippen LogP contribution in [0.4, 0.5) is 15.8 Å². The fourth-order valence-electron chi connectivity index (χ4n) is 3.44. The van der Waals surface area contributed by atoms with Gasteiger partial charge in [-0.15, -0.1) is 11.3 Å². The normalized spacial score (nSPS) is 16.4. The molecule has 0 spiro atoms. The zero-order valence-electron chi connectivity index (χ0n) is 15.9. The highest BCUT2D eigenvalue weighted by atomic mass is 32.1. The van der Waals surface area contributed by atoms with E-state index in [1.807, 2.05) is 19.1 Å². The van der Waals surface area contributed by atoms with Gasteiger partial charge in [-0.05, 0) is 67.8 Å². The summed E-state index contributed by atoms with van der Waals surface area (Å²) in [5.41, 5.74) is 3.43. The number of rotatable bonds is 4. The summed E-state index contributed by atoms with van der Waals surface area (Å²) in [6, 6.07) is 14.1. The number of aryl methyl sites for hydroxylation is 1. The van der Waals surface area contributed by atoms with Crippen LogP contribution in [0.25, 0.3) is 10.6 Å². The van der Waals surface area contributed by atoms with Gasteiger partial charge in [0.05, 0.1) is 5.69 Å². The Labute approximate surface area is 168 Å². The van der Waals surface area contributed by atoms with Crippen molar-refractivity contribution in [3.8, 4) is 10.6 Å². The van der Waals surface area contributed by atoms with Gasteiger partial charge in [0.1, 0.15) is 15.7 Å². The Hall–Kier alpha value is -2.73. The molecule has 0 bridgehead atoms. The fourth-order valence-corrected chi connectivity index (χ4v) is 4.40. The highest BCUT2D eigenvalue weighted by Crippen LogP contribution is 2.29. The van der Waals surface area contributed by atoms with Crippen molar-refractivity contribution in [2.75, 3.05) is 23.3 Å². The molecule has 144 valence electrons. The molecule has 1 aliphatic rings. The van der Waals surface area contributed by atoms with E-state index in [0.717, 1.165) is 30.3 Å². The third kappa shape index (κ3) is 3.92. The molecular formula is C22H22FN3OS. The van der Waals surface area contributed by atoms with Crippen LogP contribution in [0.1, 0.15) is 28.7 Å². The number of hydrogen-bond acceptors (Lipinski definition) is 4. The summed E-state index contributed by atoms with van der Waals surface area (Å²) in [5, 5.41) is 3.66. The molecule has 6 heteroatoms. The van der Waals surface area contributed by atoms with Crippen LogP contribution in [0.2, 0.25) is 0 Å². The Kier molecular flexibility index (Phi) is 5.13. The maximum absolute atomic E-state index is 13.1. The van der Waals surface area contributed by atoms with Gasteiger partial charge in [-0.3, -0.25) is 4.79 Å². The molecule has 4 nitrogen and oxygen atoms in total. The van der Waals surface area contributed by atoms with E-state index in [9.17, 15) is 9.18 Å². The van der Waals surface area contributed by atoms with Gasteiger partial charge in [0, 0.05) is 30.0 Å². The molecule has 2 aromatic carbocycles. The van der Waals surface area contributed by atoms with Gasteiger partial charge in [-0.2, -0.15) is 0 Å². The number of benzene rings is 2. The quantitative estimate of drug-likeness (QED) is 0.647. The topological polar surface area (TPSA) is 45.2 Å². The fraction of sp³-hybridized carbons (Fsp3) is 0.273. The molecular weight excluding hydrogens is 373 g/mol. The van der Waals surface area contributed by atoms with Crippen molar-refractivity contribution in [3.05, 3.63) is 64.9 Å². The Morgan fingerprint density at radius 3 is 2.54 bits per heavy atom. The highest BCUT2D eigenvalue weighted by Gasteiger charge is 2.19. The van der Waals surface area contributed by atoms with Crippen LogP contribution in [-0.4, -0.2) is 24.0 Å². The van der Waals surface area contributed by atoms with E-state index in [2.05, 4.69) is 34.3 Å². The summed E-state index contributed by atoms with van der Waals surface area (Å²) >= 11 is 1.32. The maximum Gasteiger partial charge on any atom is 0.267 e. The molecule has 1 N–H and O–H groups in total. The van der Waals surface area contributed by atoms with Gasteiger partial charge in [0.2, 0.25) is 0 Å². The number of thiazole rings is 1. The van der Waals surface area contributed by atoms with Crippen LogP contribution in [-0.2, 0) is 0 Å². The summed E-state index contributed by atoms with van der Waals surface area (Å²) in [6.07, 6.45) is 1.22. The Bertz CT molecular complexity index is 982. The minimum absolute atomic E-state index is 0.175. The van der Waals surface area contributed by atoms with Crippen molar-refractivity contribution in [1.29, 1.82) is 0 Å². The molecule has 1 unspecified atom stereocenters. The minimum Gasteiger partial charge on any atom is -0.371 e. The van der Waals surface area contributed by atoms with Crippen molar-refractivity contribution in [2.45, 2.75) is 20.3 Å². The summed E-state index contributed by atoms with van der Waals surface area (Å²) < 4.78 is 13.1. The van der Waals surface area contributed by atoms with Gasteiger partial charge >= 0.3 is 0 Å². The number of nitrogens with one attached hydrogen (secondary N) is 1. The lowest BCUT2D eigenvalue weighted by Gasteiger charge is -2.18. The molecule has 1 atom stereocenters. The minimum atomic E-state index is -0.290. The van der Waals surface area contributed by atoms with Crippen LogP contribution < -0.4 is 10.2 Å². The predicted molar refractivity (Wildman–Crippen MR) is 113 cm³/mol.